The molecule has 2 amide bonds. The van der Waals surface area contributed by atoms with E-state index in [0.29, 0.717) is 17.7 Å². The molecule has 1 aromatic carbocycles. The number of aryl methyl sites for hydroxylation is 1. The molecule has 0 atom stereocenters. The second-order valence-electron chi connectivity index (χ2n) is 8.90. The molecule has 11 nitrogen and oxygen atoms in total. The van der Waals surface area contributed by atoms with E-state index in [9.17, 15) is 28.0 Å². The number of benzene rings is 1. The van der Waals surface area contributed by atoms with Crippen molar-refractivity contribution >= 4 is 40.6 Å². The normalized spacial score (nSPS) is 13.3. The first kappa shape index (κ1) is 29.2. The van der Waals surface area contributed by atoms with Crippen LogP contribution in [0.25, 0.3) is 5.82 Å². The van der Waals surface area contributed by atoms with E-state index in [1.165, 1.54) is 37.5 Å². The number of pyridine rings is 1. The van der Waals surface area contributed by atoms with Crippen LogP contribution in [0.15, 0.2) is 46.7 Å². The molecule has 2 N–H and O–H groups in total. The SMILES string of the molecule is CCC1=NN=C(C(F)(F)F)N(Cc2cc(C(=O)Nc3c(C)cc(C#N)cc3C(=O)NC)n(-c3ncccc3Cl)n2)C1. The predicted octanol–water partition coefficient (Wildman–Crippen LogP) is 4.26. The Labute approximate surface area is 237 Å². The highest BCUT2D eigenvalue weighted by Crippen LogP contribution is 2.27. The van der Waals surface area contributed by atoms with Crippen molar-refractivity contribution in [1.82, 2.24) is 25.0 Å². The first-order valence-electron chi connectivity index (χ1n) is 12.2. The maximum Gasteiger partial charge on any atom is 0.451 e. The van der Waals surface area contributed by atoms with Crippen molar-refractivity contribution in [3.8, 4) is 11.9 Å². The molecule has 0 spiro atoms. The third kappa shape index (κ3) is 6.20. The van der Waals surface area contributed by atoms with Crippen LogP contribution in [-0.2, 0) is 6.54 Å². The quantitative estimate of drug-likeness (QED) is 0.425. The van der Waals surface area contributed by atoms with Crippen molar-refractivity contribution in [3.63, 3.8) is 0 Å². The largest absolute Gasteiger partial charge is 0.451 e. The van der Waals surface area contributed by atoms with Gasteiger partial charge in [0.15, 0.2) is 5.82 Å². The smallest absolute Gasteiger partial charge is 0.355 e. The number of alkyl halides is 3. The van der Waals surface area contributed by atoms with Gasteiger partial charge in [-0.25, -0.2) is 9.67 Å². The zero-order valence-corrected chi connectivity index (χ0v) is 22.8. The van der Waals surface area contributed by atoms with Gasteiger partial charge in [0.2, 0.25) is 5.84 Å². The summed E-state index contributed by atoms with van der Waals surface area (Å²) in [4.78, 5) is 31.4. The van der Waals surface area contributed by atoms with Crippen LogP contribution in [0.4, 0.5) is 18.9 Å². The molecule has 15 heteroatoms. The number of carbonyl (C=O) groups excluding carboxylic acids is 2. The van der Waals surface area contributed by atoms with Crippen molar-refractivity contribution in [1.29, 1.82) is 5.26 Å². The molecule has 0 radical (unpaired) electrons. The second kappa shape index (κ2) is 11.8. The van der Waals surface area contributed by atoms with Gasteiger partial charge in [-0.1, -0.05) is 18.5 Å². The Morgan fingerprint density at radius 2 is 1.95 bits per heavy atom. The zero-order chi connectivity index (χ0) is 29.9. The predicted molar refractivity (Wildman–Crippen MR) is 145 cm³/mol. The molecule has 41 heavy (non-hydrogen) atoms. The molecular weight excluding hydrogens is 563 g/mol. The molecule has 0 bridgehead atoms. The molecule has 4 rings (SSSR count). The van der Waals surface area contributed by atoms with Crippen molar-refractivity contribution in [3.05, 3.63) is 69.6 Å². The van der Waals surface area contributed by atoms with E-state index in [2.05, 4.69) is 30.9 Å². The number of nitrogens with zero attached hydrogens (tertiary/aromatic N) is 7. The molecule has 1 aliphatic rings. The molecular formula is C26H23ClF3N9O2. The third-order valence-electron chi connectivity index (χ3n) is 6.08. The minimum absolute atomic E-state index is 0.0466. The molecule has 0 fully saturated rings. The van der Waals surface area contributed by atoms with Gasteiger partial charge in [-0.3, -0.25) is 9.59 Å². The van der Waals surface area contributed by atoms with Gasteiger partial charge < -0.3 is 15.5 Å². The van der Waals surface area contributed by atoms with Crippen LogP contribution >= 0.6 is 11.6 Å². The van der Waals surface area contributed by atoms with E-state index < -0.39 is 23.8 Å². The highest BCUT2D eigenvalue weighted by molar-refractivity contribution is 6.32. The monoisotopic (exact) mass is 585 g/mol. The number of nitriles is 1. The van der Waals surface area contributed by atoms with Crippen LogP contribution in [0.3, 0.4) is 0 Å². The summed E-state index contributed by atoms with van der Waals surface area (Å²) in [6.07, 6.45) is -2.95. The highest BCUT2D eigenvalue weighted by atomic mass is 35.5. The van der Waals surface area contributed by atoms with Crippen molar-refractivity contribution < 1.29 is 22.8 Å². The highest BCUT2D eigenvalue weighted by Gasteiger charge is 2.42. The maximum absolute atomic E-state index is 13.7. The Morgan fingerprint density at radius 1 is 1.20 bits per heavy atom. The minimum Gasteiger partial charge on any atom is -0.355 e. The summed E-state index contributed by atoms with van der Waals surface area (Å²) < 4.78 is 42.3. The molecule has 2 aromatic heterocycles. The molecule has 212 valence electrons. The van der Waals surface area contributed by atoms with E-state index >= 15 is 0 Å². The van der Waals surface area contributed by atoms with E-state index in [0.717, 1.165) is 9.58 Å². The summed E-state index contributed by atoms with van der Waals surface area (Å²) in [6.45, 7) is 2.88. The Hall–Kier alpha value is -4.77. The van der Waals surface area contributed by atoms with Crippen LogP contribution in [0.2, 0.25) is 5.02 Å². The van der Waals surface area contributed by atoms with Crippen LogP contribution in [0.1, 0.15) is 51.0 Å². The summed E-state index contributed by atoms with van der Waals surface area (Å²) in [5, 5.41) is 26.0. The summed E-state index contributed by atoms with van der Waals surface area (Å²) >= 11 is 6.33. The standard InChI is InChI=1S/C26H23ClF3N9O2/c1-4-16-12-38(25(36-35-16)26(28,29)30)13-17-10-20(39(37-17)22-19(27)6-5-7-33-22)24(41)34-21-14(2)8-15(11-31)9-18(21)23(40)32-3/h5-10H,4,12-13H2,1-3H3,(H,32,40)(H,34,41). The summed E-state index contributed by atoms with van der Waals surface area (Å²) in [5.74, 6) is -2.41. The summed E-state index contributed by atoms with van der Waals surface area (Å²) in [5.41, 5.74) is 1.26. The summed E-state index contributed by atoms with van der Waals surface area (Å²) in [6, 6.07) is 9.20. The van der Waals surface area contributed by atoms with Crippen molar-refractivity contribution in [2.75, 3.05) is 18.9 Å². The number of amidine groups is 1. The topological polar surface area (TPSA) is 141 Å². The Kier molecular flexibility index (Phi) is 8.39. The van der Waals surface area contributed by atoms with Crippen LogP contribution in [-0.4, -0.2) is 62.8 Å². The molecule has 0 saturated heterocycles. The van der Waals surface area contributed by atoms with Crippen LogP contribution < -0.4 is 10.6 Å². The molecule has 0 aliphatic carbocycles. The number of nitrogens with one attached hydrogen (secondary N) is 2. The number of rotatable bonds is 7. The van der Waals surface area contributed by atoms with Gasteiger partial charge in [0, 0.05) is 13.2 Å². The van der Waals surface area contributed by atoms with Gasteiger partial charge >= 0.3 is 6.18 Å². The number of carbonyl (C=O) groups is 2. The fraction of sp³-hybridized carbons (Fsp3) is 0.269. The minimum atomic E-state index is -4.76. The molecule has 0 saturated carbocycles. The number of anilines is 1. The first-order valence-corrected chi connectivity index (χ1v) is 12.6. The van der Waals surface area contributed by atoms with Crippen LogP contribution in [0.5, 0.6) is 0 Å². The lowest BCUT2D eigenvalue weighted by atomic mass is 10.0. The lowest BCUT2D eigenvalue weighted by Crippen LogP contribution is -2.45. The van der Waals surface area contributed by atoms with Gasteiger partial charge in [0.1, 0.15) is 5.69 Å². The van der Waals surface area contributed by atoms with Gasteiger partial charge in [-0.2, -0.15) is 28.6 Å². The Bertz CT molecular complexity index is 1620. The van der Waals surface area contributed by atoms with Gasteiger partial charge in [0.25, 0.3) is 11.8 Å². The summed E-state index contributed by atoms with van der Waals surface area (Å²) in [7, 11) is 1.40. The lowest BCUT2D eigenvalue weighted by Gasteiger charge is -2.28. The van der Waals surface area contributed by atoms with E-state index in [-0.39, 0.29) is 52.1 Å². The van der Waals surface area contributed by atoms with Gasteiger partial charge in [-0.05, 0) is 49.2 Å². The number of hydrogen-bond acceptors (Lipinski definition) is 8. The Morgan fingerprint density at radius 3 is 2.59 bits per heavy atom. The molecule has 0 unspecified atom stereocenters. The van der Waals surface area contributed by atoms with Crippen molar-refractivity contribution in [2.24, 2.45) is 10.2 Å². The van der Waals surface area contributed by atoms with E-state index in [1.807, 2.05) is 6.07 Å². The zero-order valence-electron chi connectivity index (χ0n) is 22.0. The fourth-order valence-electron chi connectivity index (χ4n) is 4.13. The molecule has 3 aromatic rings. The van der Waals surface area contributed by atoms with Crippen LogP contribution in [0, 0.1) is 18.3 Å². The molecule has 3 heterocycles. The second-order valence-corrected chi connectivity index (χ2v) is 9.31. The fourth-order valence-corrected chi connectivity index (χ4v) is 4.33. The number of amides is 2. The van der Waals surface area contributed by atoms with E-state index in [1.54, 1.807) is 19.9 Å². The Balaban J connectivity index is 1.77. The first-order chi connectivity index (χ1) is 19.5. The number of hydrogen-bond donors (Lipinski definition) is 2. The third-order valence-corrected chi connectivity index (χ3v) is 6.38. The van der Waals surface area contributed by atoms with E-state index in [4.69, 9.17) is 11.6 Å². The van der Waals surface area contributed by atoms with Crippen molar-refractivity contribution in [2.45, 2.75) is 33.0 Å². The van der Waals surface area contributed by atoms with Gasteiger partial charge in [0.05, 0.1) is 52.4 Å². The van der Waals surface area contributed by atoms with Gasteiger partial charge in [-0.15, -0.1) is 5.10 Å². The molecule has 1 aliphatic heterocycles. The lowest BCUT2D eigenvalue weighted by molar-refractivity contribution is -0.0692. The average Bonchev–Trinajstić information content (AvgIpc) is 3.36. The maximum atomic E-state index is 13.7. The number of halogens is 4. The number of aromatic nitrogens is 3. The average molecular weight is 586 g/mol.